The summed E-state index contributed by atoms with van der Waals surface area (Å²) in [4.78, 5) is 0. The van der Waals surface area contributed by atoms with Gasteiger partial charge in [0.2, 0.25) is 0 Å². The zero-order chi connectivity index (χ0) is 13.2. The Kier molecular flexibility index (Phi) is 3.29. The van der Waals surface area contributed by atoms with Crippen LogP contribution in [0, 0.1) is 6.42 Å². The highest BCUT2D eigenvalue weighted by Gasteiger charge is 2.16. The van der Waals surface area contributed by atoms with E-state index in [4.69, 9.17) is 5.73 Å². The Morgan fingerprint density at radius 3 is 2.89 bits per heavy atom. The van der Waals surface area contributed by atoms with Gasteiger partial charge in [0.05, 0.1) is 0 Å². The van der Waals surface area contributed by atoms with E-state index < -0.39 is 0 Å². The third-order valence-electron chi connectivity index (χ3n) is 3.83. The number of nitrogens with two attached hydrogens (primary N) is 1. The number of benzene rings is 2. The quantitative estimate of drug-likeness (QED) is 0.790. The van der Waals surface area contributed by atoms with Crippen LogP contribution in [-0.4, -0.2) is 0 Å². The van der Waals surface area contributed by atoms with E-state index in [0.717, 1.165) is 24.9 Å². The SMILES string of the molecule is CCc1cc2c(c(-c3cccc(N)c3)c1)CCC[C]2. The molecule has 2 aromatic rings. The van der Waals surface area contributed by atoms with Crippen LogP contribution in [0.1, 0.15) is 36.5 Å². The van der Waals surface area contributed by atoms with Crippen molar-refractivity contribution in [2.45, 2.75) is 32.6 Å². The molecule has 1 heteroatoms. The molecular formula is C18H19N. The van der Waals surface area contributed by atoms with E-state index in [2.05, 4.69) is 37.6 Å². The molecule has 1 aliphatic carbocycles. The third-order valence-corrected chi connectivity index (χ3v) is 3.83. The molecule has 0 atom stereocenters. The molecule has 2 aromatic carbocycles. The Morgan fingerprint density at radius 1 is 1.21 bits per heavy atom. The number of aryl methyl sites for hydroxylation is 1. The molecule has 0 unspecified atom stereocenters. The molecule has 0 saturated carbocycles. The number of fused-ring (bicyclic) bond motifs is 1. The number of nitrogen functional groups attached to an aromatic ring is 1. The van der Waals surface area contributed by atoms with Gasteiger partial charge in [-0.3, -0.25) is 0 Å². The lowest BCUT2D eigenvalue weighted by Crippen LogP contribution is -2.04. The molecule has 1 nitrogen and oxygen atoms in total. The molecule has 0 bridgehead atoms. The Bertz CT molecular complexity index is 599. The smallest absolute Gasteiger partial charge is 0.0320 e. The van der Waals surface area contributed by atoms with Crippen molar-refractivity contribution in [1.82, 2.24) is 0 Å². The van der Waals surface area contributed by atoms with Crippen LogP contribution in [0.2, 0.25) is 0 Å². The first kappa shape index (κ1) is 12.3. The van der Waals surface area contributed by atoms with E-state index in [-0.39, 0.29) is 0 Å². The van der Waals surface area contributed by atoms with E-state index >= 15 is 0 Å². The molecule has 2 N–H and O–H groups in total. The number of anilines is 1. The van der Waals surface area contributed by atoms with Crippen molar-refractivity contribution in [3.05, 3.63) is 59.5 Å². The maximum atomic E-state index is 5.93. The number of hydrogen-bond acceptors (Lipinski definition) is 1. The predicted molar refractivity (Wildman–Crippen MR) is 81.0 cm³/mol. The normalized spacial score (nSPS) is 14.2. The first-order chi connectivity index (χ1) is 9.28. The van der Waals surface area contributed by atoms with Gasteiger partial charge in [0.25, 0.3) is 0 Å². The van der Waals surface area contributed by atoms with Crippen molar-refractivity contribution in [3.8, 4) is 11.1 Å². The van der Waals surface area contributed by atoms with E-state index in [1.807, 2.05) is 12.1 Å². The van der Waals surface area contributed by atoms with Gasteiger partial charge >= 0.3 is 0 Å². The topological polar surface area (TPSA) is 26.0 Å². The van der Waals surface area contributed by atoms with Gasteiger partial charge in [-0.15, -0.1) is 0 Å². The predicted octanol–water partition coefficient (Wildman–Crippen LogP) is 4.26. The van der Waals surface area contributed by atoms with Gasteiger partial charge < -0.3 is 5.73 Å². The van der Waals surface area contributed by atoms with E-state index in [1.54, 1.807) is 0 Å². The summed E-state index contributed by atoms with van der Waals surface area (Å²) < 4.78 is 0. The van der Waals surface area contributed by atoms with Crippen LogP contribution in [-0.2, 0) is 12.8 Å². The molecular weight excluding hydrogens is 230 g/mol. The molecule has 0 saturated heterocycles. The van der Waals surface area contributed by atoms with Gasteiger partial charge in [-0.1, -0.05) is 31.2 Å². The molecule has 0 fully saturated rings. The third kappa shape index (κ3) is 2.37. The maximum absolute atomic E-state index is 5.93. The van der Waals surface area contributed by atoms with Crippen molar-refractivity contribution in [2.75, 3.05) is 5.73 Å². The van der Waals surface area contributed by atoms with Crippen molar-refractivity contribution >= 4 is 5.69 Å². The lowest BCUT2D eigenvalue weighted by atomic mass is 9.84. The fraction of sp³-hybridized carbons (Fsp3) is 0.278. The van der Waals surface area contributed by atoms with E-state index in [0.29, 0.717) is 0 Å². The van der Waals surface area contributed by atoms with Crippen molar-refractivity contribution in [3.63, 3.8) is 0 Å². The first-order valence-electron chi connectivity index (χ1n) is 7.03. The second-order valence-electron chi connectivity index (χ2n) is 5.18. The summed E-state index contributed by atoms with van der Waals surface area (Å²) in [6.45, 7) is 2.20. The zero-order valence-corrected chi connectivity index (χ0v) is 11.4. The van der Waals surface area contributed by atoms with Crippen LogP contribution in [0.15, 0.2) is 36.4 Å². The van der Waals surface area contributed by atoms with Crippen LogP contribution in [0.25, 0.3) is 11.1 Å². The maximum Gasteiger partial charge on any atom is 0.0320 e. The average molecular weight is 249 g/mol. The van der Waals surface area contributed by atoms with E-state index in [9.17, 15) is 0 Å². The Hall–Kier alpha value is -1.76. The summed E-state index contributed by atoms with van der Waals surface area (Å²) in [5.41, 5.74) is 13.5. The number of hydrogen-bond donors (Lipinski definition) is 1. The molecule has 0 aromatic heterocycles. The molecule has 3 rings (SSSR count). The van der Waals surface area contributed by atoms with Crippen molar-refractivity contribution in [2.24, 2.45) is 0 Å². The molecule has 0 amide bonds. The van der Waals surface area contributed by atoms with Crippen LogP contribution in [0.3, 0.4) is 0 Å². The van der Waals surface area contributed by atoms with Crippen molar-refractivity contribution < 1.29 is 0 Å². The molecule has 1 aliphatic rings. The monoisotopic (exact) mass is 249 g/mol. The second kappa shape index (κ2) is 5.08. The Labute approximate surface area is 115 Å². The van der Waals surface area contributed by atoms with Gasteiger partial charge in [-0.2, -0.15) is 0 Å². The lowest BCUT2D eigenvalue weighted by Gasteiger charge is -2.21. The largest absolute Gasteiger partial charge is 0.399 e. The van der Waals surface area contributed by atoms with Crippen molar-refractivity contribution in [1.29, 1.82) is 0 Å². The van der Waals surface area contributed by atoms with Crippen LogP contribution in [0.4, 0.5) is 5.69 Å². The standard InChI is InChI=1S/C18H19N/c1-2-13-10-14-6-3-4-9-17(14)18(11-13)15-7-5-8-16(19)12-15/h5,7-8,10-12H,2-4,9,19H2,1H3. The zero-order valence-electron chi connectivity index (χ0n) is 11.4. The van der Waals surface area contributed by atoms with Crippen LogP contribution < -0.4 is 5.73 Å². The minimum atomic E-state index is 0.830. The first-order valence-corrected chi connectivity index (χ1v) is 7.03. The lowest BCUT2D eigenvalue weighted by molar-refractivity contribution is 0.775. The summed E-state index contributed by atoms with van der Waals surface area (Å²) in [6, 6.07) is 12.8. The molecule has 2 radical (unpaired) electrons. The summed E-state index contributed by atoms with van der Waals surface area (Å²) in [7, 11) is 0. The van der Waals surface area contributed by atoms with Crippen LogP contribution in [0.5, 0.6) is 0 Å². The molecule has 0 aliphatic heterocycles. The van der Waals surface area contributed by atoms with E-state index in [1.165, 1.54) is 34.2 Å². The summed E-state index contributed by atoms with van der Waals surface area (Å²) in [5, 5.41) is 0. The highest BCUT2D eigenvalue weighted by molar-refractivity contribution is 5.73. The fourth-order valence-corrected chi connectivity index (χ4v) is 2.81. The van der Waals surface area contributed by atoms with Crippen LogP contribution >= 0.6 is 0 Å². The van der Waals surface area contributed by atoms with Gasteiger partial charge in [-0.05, 0) is 65.6 Å². The Balaban J connectivity index is 2.18. The molecule has 19 heavy (non-hydrogen) atoms. The molecule has 0 spiro atoms. The average Bonchev–Trinajstić information content (AvgIpc) is 2.46. The highest BCUT2D eigenvalue weighted by atomic mass is 14.5. The highest BCUT2D eigenvalue weighted by Crippen LogP contribution is 2.34. The second-order valence-corrected chi connectivity index (χ2v) is 5.18. The minimum Gasteiger partial charge on any atom is -0.399 e. The Morgan fingerprint density at radius 2 is 2.11 bits per heavy atom. The fourth-order valence-electron chi connectivity index (χ4n) is 2.81. The van der Waals surface area contributed by atoms with Gasteiger partial charge in [0, 0.05) is 12.1 Å². The van der Waals surface area contributed by atoms with Gasteiger partial charge in [0.1, 0.15) is 0 Å². The summed E-state index contributed by atoms with van der Waals surface area (Å²) in [5.74, 6) is 0. The summed E-state index contributed by atoms with van der Waals surface area (Å²) in [6.07, 6.45) is 8.02. The molecule has 0 heterocycles. The van der Waals surface area contributed by atoms with Gasteiger partial charge in [-0.25, -0.2) is 0 Å². The number of rotatable bonds is 2. The molecule has 96 valence electrons. The minimum absolute atomic E-state index is 0.830. The van der Waals surface area contributed by atoms with Gasteiger partial charge in [0.15, 0.2) is 0 Å². The summed E-state index contributed by atoms with van der Waals surface area (Å²) >= 11 is 0.